The summed E-state index contributed by atoms with van der Waals surface area (Å²) in [5.41, 5.74) is 0.982. The molecule has 122 valence electrons. The molecule has 1 saturated heterocycles. The van der Waals surface area contributed by atoms with Crippen molar-refractivity contribution < 1.29 is 14.1 Å². The Morgan fingerprint density at radius 2 is 2.09 bits per heavy atom. The monoisotopic (exact) mass is 324 g/mol. The zero-order chi connectivity index (χ0) is 15.2. The Morgan fingerprint density at radius 3 is 2.86 bits per heavy atom. The van der Waals surface area contributed by atoms with Crippen molar-refractivity contribution in [3.8, 4) is 0 Å². The fourth-order valence-corrected chi connectivity index (χ4v) is 4.06. The molecular formula is C16H24N2O3S. The highest BCUT2D eigenvalue weighted by Crippen LogP contribution is 2.34. The number of nitrogens with one attached hydrogen (secondary N) is 1. The summed E-state index contributed by atoms with van der Waals surface area (Å²) in [6.45, 7) is 0.861. The van der Waals surface area contributed by atoms with Gasteiger partial charge in [0.25, 0.3) is 0 Å². The van der Waals surface area contributed by atoms with Gasteiger partial charge < -0.3 is 9.26 Å². The highest BCUT2D eigenvalue weighted by Gasteiger charge is 2.21. The molecule has 0 bridgehead atoms. The Bertz CT molecular complexity index is 479. The lowest BCUT2D eigenvalue weighted by atomic mass is 10.0. The zero-order valence-corrected chi connectivity index (χ0v) is 13.7. The van der Waals surface area contributed by atoms with E-state index in [4.69, 9.17) is 9.26 Å². The molecule has 1 amide bonds. The third-order valence-electron chi connectivity index (χ3n) is 4.38. The predicted molar refractivity (Wildman–Crippen MR) is 87.3 cm³/mol. The largest absolute Gasteiger partial charge is 0.377 e. The van der Waals surface area contributed by atoms with E-state index in [0.29, 0.717) is 23.7 Å². The minimum atomic E-state index is -0.0325. The number of nitrogens with zero attached hydrogens (tertiary/aromatic N) is 1. The average Bonchev–Trinajstić information content (AvgIpc) is 3.19. The summed E-state index contributed by atoms with van der Waals surface area (Å²) < 4.78 is 10.9. The quantitative estimate of drug-likeness (QED) is 0.866. The van der Waals surface area contributed by atoms with Crippen LogP contribution < -0.4 is 5.32 Å². The van der Waals surface area contributed by atoms with E-state index in [2.05, 4.69) is 10.5 Å². The number of rotatable bonds is 6. The zero-order valence-electron chi connectivity index (χ0n) is 12.9. The third kappa shape index (κ3) is 4.49. The number of carbonyl (C=O) groups is 1. The van der Waals surface area contributed by atoms with E-state index in [9.17, 15) is 4.79 Å². The molecule has 6 heteroatoms. The first-order chi connectivity index (χ1) is 10.8. The minimum absolute atomic E-state index is 0.0325. The molecule has 1 aromatic rings. The fraction of sp³-hybridized carbons (Fsp3) is 0.750. The van der Waals surface area contributed by atoms with E-state index in [-0.39, 0.29) is 5.91 Å². The average molecular weight is 324 g/mol. The van der Waals surface area contributed by atoms with E-state index in [1.165, 1.54) is 32.1 Å². The van der Waals surface area contributed by atoms with E-state index in [1.807, 2.05) is 6.07 Å². The standard InChI is InChI=1S/C16H24N2O3S/c19-15(11-22-10-13-7-3-4-8-20-13)17-16-9-14(18-21-16)12-5-1-2-6-12/h9,12-13H,1-8,10-11H2,(H,17,19). The molecule has 0 radical (unpaired) electrons. The number of amides is 1. The molecular weight excluding hydrogens is 300 g/mol. The van der Waals surface area contributed by atoms with Crippen molar-refractivity contribution in [3.63, 3.8) is 0 Å². The molecule has 1 atom stereocenters. The Balaban J connectivity index is 1.37. The lowest BCUT2D eigenvalue weighted by Gasteiger charge is -2.21. The maximum atomic E-state index is 11.9. The number of carbonyl (C=O) groups excluding carboxylic acids is 1. The van der Waals surface area contributed by atoms with Crippen LogP contribution in [0.3, 0.4) is 0 Å². The Hall–Kier alpha value is -1.01. The van der Waals surface area contributed by atoms with Gasteiger partial charge >= 0.3 is 0 Å². The maximum absolute atomic E-state index is 11.9. The third-order valence-corrected chi connectivity index (χ3v) is 5.45. The van der Waals surface area contributed by atoms with Gasteiger partial charge in [-0.25, -0.2) is 0 Å². The van der Waals surface area contributed by atoms with Crippen molar-refractivity contribution in [2.75, 3.05) is 23.4 Å². The Kier molecular flexibility index (Phi) is 5.78. The summed E-state index contributed by atoms with van der Waals surface area (Å²) in [5.74, 6) is 2.26. The molecule has 1 N–H and O–H groups in total. The van der Waals surface area contributed by atoms with Crippen molar-refractivity contribution in [3.05, 3.63) is 11.8 Å². The van der Waals surface area contributed by atoms with Gasteiger partial charge in [-0.2, -0.15) is 0 Å². The molecule has 1 unspecified atom stereocenters. The number of anilines is 1. The SMILES string of the molecule is O=C(CSCC1CCCCO1)Nc1cc(C2CCCC2)no1. The predicted octanol–water partition coefficient (Wildman–Crippen LogP) is 3.57. The van der Waals surface area contributed by atoms with Gasteiger partial charge in [0, 0.05) is 24.3 Å². The Morgan fingerprint density at radius 1 is 1.27 bits per heavy atom. The molecule has 1 saturated carbocycles. The molecule has 1 aliphatic heterocycles. The van der Waals surface area contributed by atoms with Crippen LogP contribution in [0.15, 0.2) is 10.6 Å². The van der Waals surface area contributed by atoms with Crippen molar-refractivity contribution >= 4 is 23.6 Å². The van der Waals surface area contributed by atoms with Crippen LogP contribution in [-0.2, 0) is 9.53 Å². The van der Waals surface area contributed by atoms with Crippen LogP contribution in [0.4, 0.5) is 5.88 Å². The lowest BCUT2D eigenvalue weighted by Crippen LogP contribution is -2.22. The topological polar surface area (TPSA) is 64.4 Å². The molecule has 2 fully saturated rings. The first kappa shape index (κ1) is 15.9. The van der Waals surface area contributed by atoms with Crippen molar-refractivity contribution in [2.45, 2.75) is 57.0 Å². The van der Waals surface area contributed by atoms with Gasteiger partial charge in [-0.3, -0.25) is 10.1 Å². The number of hydrogen-bond donors (Lipinski definition) is 1. The number of hydrogen-bond acceptors (Lipinski definition) is 5. The normalized spacial score (nSPS) is 22.8. The summed E-state index contributed by atoms with van der Waals surface area (Å²) in [4.78, 5) is 11.9. The molecule has 22 heavy (non-hydrogen) atoms. The van der Waals surface area contributed by atoms with Crippen LogP contribution in [0.2, 0.25) is 0 Å². The summed E-state index contributed by atoms with van der Waals surface area (Å²) in [6, 6.07) is 1.88. The van der Waals surface area contributed by atoms with E-state index in [1.54, 1.807) is 11.8 Å². The van der Waals surface area contributed by atoms with Gasteiger partial charge in [0.1, 0.15) is 0 Å². The van der Waals surface area contributed by atoms with Crippen LogP contribution in [0, 0.1) is 0 Å². The van der Waals surface area contributed by atoms with Gasteiger partial charge in [-0.15, -0.1) is 11.8 Å². The maximum Gasteiger partial charge on any atom is 0.236 e. The van der Waals surface area contributed by atoms with Crippen LogP contribution in [0.25, 0.3) is 0 Å². The first-order valence-corrected chi connectivity index (χ1v) is 9.42. The van der Waals surface area contributed by atoms with Crippen molar-refractivity contribution in [1.29, 1.82) is 0 Å². The minimum Gasteiger partial charge on any atom is -0.377 e. The number of thioether (sulfide) groups is 1. The summed E-state index contributed by atoms with van der Waals surface area (Å²) >= 11 is 1.62. The second-order valence-electron chi connectivity index (χ2n) is 6.15. The van der Waals surface area contributed by atoms with E-state index < -0.39 is 0 Å². The van der Waals surface area contributed by atoms with Gasteiger partial charge in [0.05, 0.1) is 17.6 Å². The lowest BCUT2D eigenvalue weighted by molar-refractivity contribution is -0.113. The Labute approximate surface area is 135 Å². The van der Waals surface area contributed by atoms with Crippen LogP contribution >= 0.6 is 11.8 Å². The molecule has 2 aliphatic rings. The van der Waals surface area contributed by atoms with Gasteiger partial charge in [-0.05, 0) is 32.1 Å². The molecule has 0 aromatic carbocycles. The van der Waals surface area contributed by atoms with Gasteiger partial charge in [0.2, 0.25) is 11.8 Å². The second-order valence-corrected chi connectivity index (χ2v) is 7.18. The fourth-order valence-electron chi connectivity index (χ4n) is 3.16. The molecule has 0 spiro atoms. The second kappa shape index (κ2) is 8.02. The molecule has 5 nitrogen and oxygen atoms in total. The number of ether oxygens (including phenoxy) is 1. The van der Waals surface area contributed by atoms with Crippen molar-refractivity contribution in [2.24, 2.45) is 0 Å². The molecule has 1 aromatic heterocycles. The van der Waals surface area contributed by atoms with E-state index >= 15 is 0 Å². The summed E-state index contributed by atoms with van der Waals surface area (Å²) in [6.07, 6.45) is 8.70. The first-order valence-electron chi connectivity index (χ1n) is 8.27. The molecule has 3 rings (SSSR count). The smallest absolute Gasteiger partial charge is 0.236 e. The summed E-state index contributed by atoms with van der Waals surface area (Å²) in [5, 5.41) is 6.88. The highest BCUT2D eigenvalue weighted by atomic mass is 32.2. The highest BCUT2D eigenvalue weighted by molar-refractivity contribution is 8.00. The van der Waals surface area contributed by atoms with Crippen LogP contribution in [0.1, 0.15) is 56.6 Å². The van der Waals surface area contributed by atoms with Crippen molar-refractivity contribution in [1.82, 2.24) is 5.16 Å². The summed E-state index contributed by atoms with van der Waals surface area (Å²) in [7, 11) is 0. The number of aromatic nitrogens is 1. The van der Waals surface area contributed by atoms with Crippen LogP contribution in [-0.4, -0.2) is 35.3 Å². The van der Waals surface area contributed by atoms with E-state index in [0.717, 1.165) is 30.9 Å². The molecule has 1 aliphatic carbocycles. The van der Waals surface area contributed by atoms with Gasteiger partial charge in [-0.1, -0.05) is 18.0 Å². The molecule has 2 heterocycles. The van der Waals surface area contributed by atoms with Gasteiger partial charge in [0.15, 0.2) is 0 Å². The van der Waals surface area contributed by atoms with Crippen LogP contribution in [0.5, 0.6) is 0 Å².